The fraction of sp³-hybridized carbons (Fsp3) is 0.688. The lowest BCUT2D eigenvalue weighted by atomic mass is 10.1. The van der Waals surface area contributed by atoms with Crippen molar-refractivity contribution in [2.45, 2.75) is 50.4 Å². The van der Waals surface area contributed by atoms with Gasteiger partial charge in [0.25, 0.3) is 0 Å². The Morgan fingerprint density at radius 3 is 2.95 bits per heavy atom. The molecule has 1 aromatic heterocycles. The van der Waals surface area contributed by atoms with Crippen LogP contribution in [0.5, 0.6) is 5.75 Å². The van der Waals surface area contributed by atoms with Crippen LogP contribution in [0.2, 0.25) is 0 Å². The monoisotopic (exact) mass is 291 g/mol. The molecule has 116 valence electrons. The molecule has 1 aliphatic heterocycles. The number of aliphatic hydroxyl groups is 1. The van der Waals surface area contributed by atoms with Gasteiger partial charge in [0.15, 0.2) is 0 Å². The molecule has 5 heteroatoms. The molecular weight excluding hydrogens is 266 g/mol. The lowest BCUT2D eigenvalue weighted by molar-refractivity contribution is 0.150. The predicted molar refractivity (Wildman–Crippen MR) is 81.3 cm³/mol. The van der Waals surface area contributed by atoms with E-state index in [2.05, 4.69) is 15.2 Å². The second-order valence-corrected chi connectivity index (χ2v) is 6.11. The van der Waals surface area contributed by atoms with Crippen molar-refractivity contribution in [1.29, 1.82) is 0 Å². The molecule has 3 rings (SSSR count). The zero-order chi connectivity index (χ0) is 14.7. The number of likely N-dealkylation sites (tertiary alicyclic amines) is 1. The van der Waals surface area contributed by atoms with Gasteiger partial charge in [-0.25, -0.2) is 0 Å². The van der Waals surface area contributed by atoms with Crippen LogP contribution in [-0.2, 0) is 6.54 Å². The molecule has 0 spiro atoms. The standard InChI is InChI=1S/C16H25N3O2/c1-21-14-6-5-12(17-10-14)9-18-15-3-2-4-16(15)19-8-7-13(20)11-19/h5-6,10,13,15-16,18,20H,2-4,7-9,11H2,1H3/t13?,15-,16+/m1/s1. The van der Waals surface area contributed by atoms with Crippen LogP contribution < -0.4 is 10.1 Å². The van der Waals surface area contributed by atoms with Crippen molar-refractivity contribution in [3.63, 3.8) is 0 Å². The summed E-state index contributed by atoms with van der Waals surface area (Å²) < 4.78 is 5.13. The average Bonchev–Trinajstić information content (AvgIpc) is 3.14. The fourth-order valence-corrected chi connectivity index (χ4v) is 3.56. The molecule has 3 atom stereocenters. The highest BCUT2D eigenvalue weighted by Gasteiger charge is 2.35. The fourth-order valence-electron chi connectivity index (χ4n) is 3.56. The van der Waals surface area contributed by atoms with E-state index in [1.165, 1.54) is 19.3 Å². The van der Waals surface area contributed by atoms with E-state index in [1.807, 2.05) is 12.1 Å². The van der Waals surface area contributed by atoms with Crippen molar-refractivity contribution in [2.24, 2.45) is 0 Å². The first-order valence-electron chi connectivity index (χ1n) is 7.90. The molecule has 0 bridgehead atoms. The molecule has 21 heavy (non-hydrogen) atoms. The molecule has 2 heterocycles. The van der Waals surface area contributed by atoms with Gasteiger partial charge in [0, 0.05) is 31.7 Å². The lowest BCUT2D eigenvalue weighted by Crippen LogP contribution is -2.46. The maximum atomic E-state index is 9.72. The molecule has 2 fully saturated rings. The van der Waals surface area contributed by atoms with E-state index >= 15 is 0 Å². The summed E-state index contributed by atoms with van der Waals surface area (Å²) in [7, 11) is 1.66. The number of pyridine rings is 1. The van der Waals surface area contributed by atoms with E-state index in [9.17, 15) is 5.11 Å². The highest BCUT2D eigenvalue weighted by atomic mass is 16.5. The Kier molecular flexibility index (Phi) is 4.73. The van der Waals surface area contributed by atoms with E-state index < -0.39 is 0 Å². The Bertz CT molecular complexity index is 451. The third kappa shape index (κ3) is 3.54. The lowest BCUT2D eigenvalue weighted by Gasteiger charge is -2.29. The van der Waals surface area contributed by atoms with Crippen LogP contribution in [0.4, 0.5) is 0 Å². The van der Waals surface area contributed by atoms with Crippen LogP contribution in [0, 0.1) is 0 Å². The topological polar surface area (TPSA) is 57.6 Å². The number of β-amino-alcohol motifs (C(OH)–C–C–N with tert-alkyl or cyclic N) is 1. The zero-order valence-electron chi connectivity index (χ0n) is 12.7. The summed E-state index contributed by atoms with van der Waals surface area (Å²) in [6.45, 7) is 2.66. The van der Waals surface area contributed by atoms with Gasteiger partial charge in [0.2, 0.25) is 0 Å². The predicted octanol–water partition coefficient (Wildman–Crippen LogP) is 1.17. The van der Waals surface area contributed by atoms with Gasteiger partial charge in [-0.15, -0.1) is 0 Å². The van der Waals surface area contributed by atoms with Gasteiger partial charge < -0.3 is 15.2 Å². The van der Waals surface area contributed by atoms with Gasteiger partial charge in [-0.3, -0.25) is 9.88 Å². The van der Waals surface area contributed by atoms with Crippen molar-refractivity contribution in [1.82, 2.24) is 15.2 Å². The number of rotatable bonds is 5. The summed E-state index contributed by atoms with van der Waals surface area (Å²) in [6, 6.07) is 5.04. The van der Waals surface area contributed by atoms with Gasteiger partial charge in [-0.1, -0.05) is 6.42 Å². The van der Waals surface area contributed by atoms with Crippen LogP contribution in [0.25, 0.3) is 0 Å². The number of aliphatic hydroxyl groups excluding tert-OH is 1. The maximum Gasteiger partial charge on any atom is 0.137 e. The van der Waals surface area contributed by atoms with Crippen molar-refractivity contribution < 1.29 is 9.84 Å². The van der Waals surface area contributed by atoms with E-state index in [0.29, 0.717) is 12.1 Å². The zero-order valence-corrected chi connectivity index (χ0v) is 12.7. The first-order valence-corrected chi connectivity index (χ1v) is 7.90. The van der Waals surface area contributed by atoms with Crippen LogP contribution in [0.15, 0.2) is 18.3 Å². The Morgan fingerprint density at radius 1 is 1.38 bits per heavy atom. The van der Waals surface area contributed by atoms with E-state index in [4.69, 9.17) is 4.74 Å². The van der Waals surface area contributed by atoms with E-state index in [0.717, 1.165) is 37.5 Å². The average molecular weight is 291 g/mol. The number of methoxy groups -OCH3 is 1. The Hall–Kier alpha value is -1.17. The second-order valence-electron chi connectivity index (χ2n) is 6.11. The van der Waals surface area contributed by atoms with Gasteiger partial charge >= 0.3 is 0 Å². The van der Waals surface area contributed by atoms with Gasteiger partial charge in [0.05, 0.1) is 25.1 Å². The molecule has 2 aliphatic rings. The van der Waals surface area contributed by atoms with Crippen LogP contribution in [0.1, 0.15) is 31.4 Å². The summed E-state index contributed by atoms with van der Waals surface area (Å²) in [5.41, 5.74) is 1.04. The molecule has 0 aromatic carbocycles. The minimum absolute atomic E-state index is 0.130. The van der Waals surface area contributed by atoms with E-state index in [-0.39, 0.29) is 6.10 Å². The molecular formula is C16H25N3O2. The van der Waals surface area contributed by atoms with Crippen molar-refractivity contribution >= 4 is 0 Å². The number of hydrogen-bond acceptors (Lipinski definition) is 5. The van der Waals surface area contributed by atoms with Crippen LogP contribution >= 0.6 is 0 Å². The Morgan fingerprint density at radius 2 is 2.29 bits per heavy atom. The third-order valence-electron chi connectivity index (χ3n) is 4.72. The van der Waals surface area contributed by atoms with Crippen molar-refractivity contribution in [2.75, 3.05) is 20.2 Å². The smallest absolute Gasteiger partial charge is 0.137 e. The normalized spacial score (nSPS) is 29.9. The second kappa shape index (κ2) is 6.73. The number of aromatic nitrogens is 1. The van der Waals surface area contributed by atoms with Gasteiger partial charge in [0.1, 0.15) is 5.75 Å². The Balaban J connectivity index is 1.53. The van der Waals surface area contributed by atoms with Gasteiger partial charge in [-0.2, -0.15) is 0 Å². The number of nitrogens with one attached hydrogen (secondary N) is 1. The summed E-state index contributed by atoms with van der Waals surface area (Å²) in [5.74, 6) is 0.795. The maximum absolute atomic E-state index is 9.72. The Labute approximate surface area is 126 Å². The molecule has 0 radical (unpaired) electrons. The molecule has 1 saturated heterocycles. The molecule has 0 amide bonds. The molecule has 1 unspecified atom stereocenters. The summed E-state index contributed by atoms with van der Waals surface area (Å²) in [5, 5.41) is 13.4. The summed E-state index contributed by atoms with van der Waals surface area (Å²) >= 11 is 0. The molecule has 2 N–H and O–H groups in total. The highest BCUT2D eigenvalue weighted by Crippen LogP contribution is 2.27. The largest absolute Gasteiger partial charge is 0.495 e. The SMILES string of the molecule is COc1ccc(CN[C@@H]2CCC[C@@H]2N2CCC(O)C2)nc1. The van der Waals surface area contributed by atoms with Crippen LogP contribution in [0.3, 0.4) is 0 Å². The molecule has 5 nitrogen and oxygen atoms in total. The minimum atomic E-state index is -0.130. The number of ether oxygens (including phenoxy) is 1. The minimum Gasteiger partial charge on any atom is -0.495 e. The van der Waals surface area contributed by atoms with E-state index in [1.54, 1.807) is 13.3 Å². The molecule has 1 aromatic rings. The number of nitrogens with zero attached hydrogens (tertiary/aromatic N) is 2. The first-order chi connectivity index (χ1) is 10.3. The first kappa shape index (κ1) is 14.8. The van der Waals surface area contributed by atoms with Gasteiger partial charge in [-0.05, 0) is 31.4 Å². The summed E-state index contributed by atoms with van der Waals surface area (Å²) in [4.78, 5) is 6.86. The number of hydrogen-bond donors (Lipinski definition) is 2. The summed E-state index contributed by atoms with van der Waals surface area (Å²) in [6.07, 6.45) is 6.27. The highest BCUT2D eigenvalue weighted by molar-refractivity contribution is 5.19. The molecule has 1 aliphatic carbocycles. The van der Waals surface area contributed by atoms with Crippen molar-refractivity contribution in [3.8, 4) is 5.75 Å². The third-order valence-corrected chi connectivity index (χ3v) is 4.72. The quantitative estimate of drug-likeness (QED) is 0.853. The molecule has 1 saturated carbocycles. The van der Waals surface area contributed by atoms with Crippen LogP contribution in [-0.4, -0.2) is 53.4 Å². The van der Waals surface area contributed by atoms with Crippen molar-refractivity contribution in [3.05, 3.63) is 24.0 Å².